The fraction of sp³-hybridized carbons (Fsp3) is 0.333. The van der Waals surface area contributed by atoms with Crippen molar-refractivity contribution in [3.63, 3.8) is 0 Å². The maximum absolute atomic E-state index is 14.6. The van der Waals surface area contributed by atoms with Crippen LogP contribution in [0, 0.1) is 52.4 Å². The molecule has 20 heteroatoms. The number of benzene rings is 2. The predicted molar refractivity (Wildman–Crippen MR) is 85.7 cm³/mol. The molecule has 0 heterocycles. The van der Waals surface area contributed by atoms with Gasteiger partial charge < -0.3 is 4.90 Å². The monoisotopic (exact) mass is 595 g/mol. The first kappa shape index (κ1) is 31.1. The van der Waals surface area contributed by atoms with Gasteiger partial charge in [0.05, 0.1) is 23.4 Å². The maximum atomic E-state index is 14.6. The summed E-state index contributed by atoms with van der Waals surface area (Å²) < 4.78 is 259. The molecule has 0 aliphatic rings. The normalized spacial score (nSPS) is 13.3. The van der Waals surface area contributed by atoms with Gasteiger partial charge in [-0.05, 0) is 0 Å². The molecule has 0 saturated carbocycles. The first-order chi connectivity index (χ1) is 17.0. The van der Waals surface area contributed by atoms with Gasteiger partial charge in [0.15, 0.2) is 46.5 Å². The summed E-state index contributed by atoms with van der Waals surface area (Å²) in [6.07, 6.45) is -7.55. The van der Waals surface area contributed by atoms with Crippen molar-refractivity contribution in [2.45, 2.75) is 24.1 Å². The van der Waals surface area contributed by atoms with Gasteiger partial charge in [-0.25, -0.2) is 43.9 Å². The lowest BCUT2D eigenvalue weighted by Gasteiger charge is -2.41. The Kier molecular flexibility index (Phi) is 7.85. The van der Waals surface area contributed by atoms with Crippen LogP contribution in [0.1, 0.15) is 0 Å². The molecule has 0 fully saturated rings. The Hall–Kier alpha value is -3.09. The van der Waals surface area contributed by atoms with E-state index in [9.17, 15) is 83.4 Å². The van der Waals surface area contributed by atoms with Crippen LogP contribution in [0.2, 0.25) is 0 Å². The Morgan fingerprint density at radius 2 is 0.789 bits per heavy atom. The molecule has 214 valence electrons. The van der Waals surface area contributed by atoms with E-state index in [1.54, 1.807) is 0 Å². The van der Waals surface area contributed by atoms with E-state index in [4.69, 9.17) is 0 Å². The van der Waals surface area contributed by atoms with Gasteiger partial charge in [-0.2, -0.15) is 39.5 Å². The van der Waals surface area contributed by atoms with Gasteiger partial charge in [-0.3, -0.25) is 0 Å². The average Bonchev–Trinajstić information content (AvgIpc) is 2.81. The summed E-state index contributed by atoms with van der Waals surface area (Å²) in [6, 6.07) is -7.34. The third kappa shape index (κ3) is 4.24. The molecular weight excluding hydrogens is 591 g/mol. The molecular formula is C18H4F19N. The van der Waals surface area contributed by atoms with Crippen LogP contribution in [0.5, 0.6) is 0 Å². The first-order valence-electron chi connectivity index (χ1n) is 8.93. The zero-order valence-electron chi connectivity index (χ0n) is 17.0. The van der Waals surface area contributed by atoms with Gasteiger partial charge in [-0.1, -0.05) is 0 Å². The minimum Gasteiger partial charge on any atom is -0.302 e. The van der Waals surface area contributed by atoms with Crippen molar-refractivity contribution in [2.24, 2.45) is 0 Å². The highest BCUT2D eigenvalue weighted by Crippen LogP contribution is 2.56. The quantitative estimate of drug-likeness (QED) is 0.137. The van der Waals surface area contributed by atoms with Crippen molar-refractivity contribution in [3.8, 4) is 11.1 Å². The van der Waals surface area contributed by atoms with E-state index in [1.165, 1.54) is 0 Å². The topological polar surface area (TPSA) is 3.24 Å². The van der Waals surface area contributed by atoms with Gasteiger partial charge in [0, 0.05) is 0 Å². The van der Waals surface area contributed by atoms with E-state index in [0.717, 1.165) is 0 Å². The summed E-state index contributed by atoms with van der Waals surface area (Å²) in [4.78, 5) is -2.32. The molecule has 1 nitrogen and oxygen atoms in total. The number of alkyl halides is 10. The third-order valence-electron chi connectivity index (χ3n) is 4.75. The summed E-state index contributed by atoms with van der Waals surface area (Å²) in [6.45, 7) is -5.39. The van der Waals surface area contributed by atoms with Crippen LogP contribution in [-0.4, -0.2) is 37.3 Å². The lowest BCUT2D eigenvalue weighted by atomic mass is 9.97. The highest BCUT2D eigenvalue weighted by Gasteiger charge is 2.83. The number of rotatable bonds is 7. The van der Waals surface area contributed by atoms with E-state index >= 15 is 0 Å². The number of nitrogens with zero attached hydrogens (tertiary/aromatic N) is 1. The van der Waals surface area contributed by atoms with Crippen molar-refractivity contribution >= 4 is 5.69 Å². The van der Waals surface area contributed by atoms with Crippen LogP contribution >= 0.6 is 0 Å². The molecule has 2 aromatic carbocycles. The summed E-state index contributed by atoms with van der Waals surface area (Å²) in [7, 11) is 0. The van der Waals surface area contributed by atoms with Crippen molar-refractivity contribution in [2.75, 3.05) is 18.1 Å². The molecule has 0 radical (unpaired) electrons. The molecule has 0 aliphatic carbocycles. The molecule has 0 amide bonds. The number of halogens is 19. The summed E-state index contributed by atoms with van der Waals surface area (Å²) in [5, 5.41) is 0. The summed E-state index contributed by atoms with van der Waals surface area (Å²) in [5.41, 5.74) is -9.42. The zero-order valence-corrected chi connectivity index (χ0v) is 17.0. The smallest absolute Gasteiger partial charge is 0.302 e. The molecule has 38 heavy (non-hydrogen) atoms. The number of hydrogen-bond donors (Lipinski definition) is 0. The first-order valence-corrected chi connectivity index (χ1v) is 8.93. The highest BCUT2D eigenvalue weighted by atomic mass is 19.4. The largest absolute Gasteiger partial charge is 0.460 e. The number of hydrogen-bond acceptors (Lipinski definition) is 1. The second-order valence-electron chi connectivity index (χ2n) is 6.95. The highest BCUT2D eigenvalue weighted by molar-refractivity contribution is 5.81. The standard InChI is InChI=1S/C18H4F19N/c19-1-2-38(18(36,37)16(31,32)15(29,30)17(33,34)35)14-4(7(22)10(25)12(27)13(14)28)3-5(20)8(23)11(26)9(24)6(3)21/h1-2H2. The Morgan fingerprint density at radius 3 is 1.16 bits per heavy atom. The van der Waals surface area contributed by atoms with Crippen LogP contribution in [-0.2, 0) is 0 Å². The Bertz CT molecular complexity index is 1220. The minimum absolute atomic E-state index is 2.32. The van der Waals surface area contributed by atoms with E-state index in [0.29, 0.717) is 0 Å². The van der Waals surface area contributed by atoms with Crippen LogP contribution in [0.4, 0.5) is 89.1 Å². The molecule has 0 N–H and O–H groups in total. The van der Waals surface area contributed by atoms with Crippen molar-refractivity contribution < 1.29 is 83.4 Å². The fourth-order valence-corrected chi connectivity index (χ4v) is 2.94. The van der Waals surface area contributed by atoms with E-state index < -0.39 is 111 Å². The lowest BCUT2D eigenvalue weighted by molar-refractivity contribution is -0.395. The predicted octanol–water partition coefficient (Wildman–Crippen LogP) is 7.81. The summed E-state index contributed by atoms with van der Waals surface area (Å²) >= 11 is 0. The Morgan fingerprint density at radius 1 is 0.447 bits per heavy atom. The molecule has 0 aliphatic heterocycles. The second-order valence-corrected chi connectivity index (χ2v) is 6.95. The van der Waals surface area contributed by atoms with Crippen molar-refractivity contribution in [1.82, 2.24) is 0 Å². The fourth-order valence-electron chi connectivity index (χ4n) is 2.94. The van der Waals surface area contributed by atoms with Crippen molar-refractivity contribution in [3.05, 3.63) is 52.4 Å². The van der Waals surface area contributed by atoms with Gasteiger partial charge in [0.25, 0.3) is 0 Å². The molecule has 0 aromatic heterocycles. The molecule has 0 atom stereocenters. The lowest BCUT2D eigenvalue weighted by Crippen LogP contribution is -2.67. The third-order valence-corrected chi connectivity index (χ3v) is 4.75. The minimum atomic E-state index is -7.84. The van der Waals surface area contributed by atoms with Crippen LogP contribution in [0.15, 0.2) is 0 Å². The van der Waals surface area contributed by atoms with Gasteiger partial charge in [0.2, 0.25) is 5.82 Å². The van der Waals surface area contributed by atoms with Crippen LogP contribution in [0.3, 0.4) is 0 Å². The van der Waals surface area contributed by atoms with Gasteiger partial charge in [0.1, 0.15) is 6.67 Å². The summed E-state index contributed by atoms with van der Waals surface area (Å²) in [5.74, 6) is -45.3. The van der Waals surface area contributed by atoms with E-state index in [1.807, 2.05) is 0 Å². The molecule has 0 saturated heterocycles. The van der Waals surface area contributed by atoms with Gasteiger partial charge in [-0.15, -0.1) is 0 Å². The zero-order chi connectivity index (χ0) is 29.9. The number of anilines is 1. The SMILES string of the molecule is FCCN(c1c(F)c(F)c(F)c(F)c1-c1c(F)c(F)c(F)c(F)c1F)C(F)(F)C(F)(F)C(F)(F)C(F)(F)F. The Balaban J connectivity index is 3.17. The van der Waals surface area contributed by atoms with Crippen molar-refractivity contribution in [1.29, 1.82) is 0 Å². The molecule has 2 rings (SSSR count). The molecule has 2 aromatic rings. The van der Waals surface area contributed by atoms with E-state index in [-0.39, 0.29) is 0 Å². The molecule has 0 spiro atoms. The van der Waals surface area contributed by atoms with Crippen LogP contribution in [0.25, 0.3) is 11.1 Å². The van der Waals surface area contributed by atoms with Gasteiger partial charge >= 0.3 is 24.1 Å². The Labute approximate surface area is 196 Å². The molecule has 0 unspecified atom stereocenters. The van der Waals surface area contributed by atoms with E-state index in [2.05, 4.69) is 0 Å². The average molecular weight is 595 g/mol. The second kappa shape index (κ2) is 9.58. The molecule has 0 bridgehead atoms. The maximum Gasteiger partial charge on any atom is 0.460 e. The van der Waals surface area contributed by atoms with Crippen LogP contribution < -0.4 is 4.90 Å².